The van der Waals surface area contributed by atoms with Crippen molar-refractivity contribution in [1.82, 2.24) is 25.0 Å². The van der Waals surface area contributed by atoms with E-state index in [2.05, 4.69) is 25.0 Å². The second-order valence-electron chi connectivity index (χ2n) is 6.42. The smallest absolute Gasteiger partial charge is 0.318 e. The van der Waals surface area contributed by atoms with Crippen LogP contribution < -0.4 is 11.1 Å². The number of aromatic nitrogens is 3. The van der Waals surface area contributed by atoms with Crippen molar-refractivity contribution < 1.29 is 9.59 Å². The number of primary amides is 1. The van der Waals surface area contributed by atoms with Gasteiger partial charge < -0.3 is 5.73 Å². The van der Waals surface area contributed by atoms with E-state index in [9.17, 15) is 9.59 Å². The standard InChI is InChI=1S/C18H24N6O2S/c19-17(26)20-16(25)9-6-12-27-18-22-21-15(13-23-10-4-5-11-23)24(18)14-7-2-1-3-8-14/h1-3,7-8H,4-6,9-13H2,(H3,19,20,25,26). The number of nitrogens with two attached hydrogens (primary N) is 1. The van der Waals surface area contributed by atoms with E-state index < -0.39 is 6.03 Å². The van der Waals surface area contributed by atoms with E-state index >= 15 is 0 Å². The maximum Gasteiger partial charge on any atom is 0.318 e. The zero-order valence-electron chi connectivity index (χ0n) is 15.1. The fourth-order valence-electron chi connectivity index (χ4n) is 3.07. The molecule has 0 radical (unpaired) electrons. The van der Waals surface area contributed by atoms with Crippen molar-refractivity contribution in [3.63, 3.8) is 0 Å². The van der Waals surface area contributed by atoms with Crippen molar-refractivity contribution in [2.45, 2.75) is 37.4 Å². The first kappa shape index (κ1) is 19.4. The summed E-state index contributed by atoms with van der Waals surface area (Å²) in [4.78, 5) is 24.6. The molecule has 1 aromatic carbocycles. The maximum absolute atomic E-state index is 11.5. The minimum Gasteiger partial charge on any atom is -0.351 e. The van der Waals surface area contributed by atoms with Crippen molar-refractivity contribution in [3.05, 3.63) is 36.2 Å². The summed E-state index contributed by atoms with van der Waals surface area (Å²) in [6.07, 6.45) is 3.33. The lowest BCUT2D eigenvalue weighted by atomic mass is 10.3. The molecule has 0 bridgehead atoms. The summed E-state index contributed by atoms with van der Waals surface area (Å²) in [7, 11) is 0. The summed E-state index contributed by atoms with van der Waals surface area (Å²) in [6.45, 7) is 2.97. The van der Waals surface area contributed by atoms with Gasteiger partial charge in [-0.1, -0.05) is 30.0 Å². The topological polar surface area (TPSA) is 106 Å². The molecule has 144 valence electrons. The summed E-state index contributed by atoms with van der Waals surface area (Å²) in [5.41, 5.74) is 5.97. The zero-order valence-corrected chi connectivity index (χ0v) is 16.0. The van der Waals surface area contributed by atoms with Crippen LogP contribution in [0.2, 0.25) is 0 Å². The third-order valence-electron chi connectivity index (χ3n) is 4.32. The molecule has 2 heterocycles. The third kappa shape index (κ3) is 5.54. The van der Waals surface area contributed by atoms with Gasteiger partial charge in [-0.15, -0.1) is 10.2 Å². The number of carbonyl (C=O) groups excluding carboxylic acids is 2. The van der Waals surface area contributed by atoms with E-state index in [1.807, 2.05) is 30.3 Å². The van der Waals surface area contributed by atoms with Crippen LogP contribution in [0.3, 0.4) is 0 Å². The van der Waals surface area contributed by atoms with Crippen molar-refractivity contribution in [3.8, 4) is 5.69 Å². The van der Waals surface area contributed by atoms with Gasteiger partial charge in [0.1, 0.15) is 0 Å². The first-order valence-corrected chi connectivity index (χ1v) is 10.1. The minimum absolute atomic E-state index is 0.246. The summed E-state index contributed by atoms with van der Waals surface area (Å²) >= 11 is 1.56. The number of hydrogen-bond acceptors (Lipinski definition) is 6. The molecule has 0 unspecified atom stereocenters. The number of para-hydroxylation sites is 1. The lowest BCUT2D eigenvalue weighted by Crippen LogP contribution is -2.34. The average molecular weight is 388 g/mol. The molecule has 1 aliphatic rings. The maximum atomic E-state index is 11.5. The number of benzene rings is 1. The molecule has 1 saturated heterocycles. The van der Waals surface area contributed by atoms with Gasteiger partial charge in [-0.05, 0) is 44.5 Å². The zero-order chi connectivity index (χ0) is 19.1. The van der Waals surface area contributed by atoms with E-state index in [1.165, 1.54) is 12.8 Å². The van der Waals surface area contributed by atoms with Crippen LogP contribution in [0.5, 0.6) is 0 Å². The number of amides is 3. The summed E-state index contributed by atoms with van der Waals surface area (Å²) < 4.78 is 2.09. The molecule has 3 amide bonds. The molecule has 1 aliphatic heterocycles. The van der Waals surface area contributed by atoms with Crippen molar-refractivity contribution >= 4 is 23.7 Å². The SMILES string of the molecule is NC(=O)NC(=O)CCCSc1nnc(CN2CCCC2)n1-c1ccccc1. The highest BCUT2D eigenvalue weighted by molar-refractivity contribution is 7.99. The van der Waals surface area contributed by atoms with Gasteiger partial charge in [-0.3, -0.25) is 19.6 Å². The summed E-state index contributed by atoms with van der Waals surface area (Å²) in [5, 5.41) is 11.7. The Balaban J connectivity index is 1.66. The lowest BCUT2D eigenvalue weighted by molar-refractivity contribution is -0.119. The Morgan fingerprint density at radius 2 is 1.89 bits per heavy atom. The molecule has 1 fully saturated rings. The summed E-state index contributed by atoms with van der Waals surface area (Å²) in [5.74, 6) is 1.26. The number of nitrogens with one attached hydrogen (secondary N) is 1. The Morgan fingerprint density at radius 1 is 1.15 bits per heavy atom. The highest BCUT2D eigenvalue weighted by atomic mass is 32.2. The predicted octanol–water partition coefficient (Wildman–Crippen LogP) is 1.93. The Hall–Kier alpha value is -2.39. The quantitative estimate of drug-likeness (QED) is 0.529. The largest absolute Gasteiger partial charge is 0.351 e. The van der Waals surface area contributed by atoms with E-state index in [-0.39, 0.29) is 12.3 Å². The van der Waals surface area contributed by atoms with Crippen LogP contribution in [0.15, 0.2) is 35.5 Å². The first-order chi connectivity index (χ1) is 13.1. The number of hydrogen-bond donors (Lipinski definition) is 2. The number of thioether (sulfide) groups is 1. The van der Waals surface area contributed by atoms with Crippen LogP contribution in [-0.2, 0) is 11.3 Å². The minimum atomic E-state index is -0.817. The number of likely N-dealkylation sites (tertiary alicyclic amines) is 1. The Labute approximate surface area is 162 Å². The van der Waals surface area contributed by atoms with Gasteiger partial charge in [0.25, 0.3) is 0 Å². The molecule has 3 N–H and O–H groups in total. The average Bonchev–Trinajstić information content (AvgIpc) is 3.29. The van der Waals surface area contributed by atoms with Gasteiger partial charge in [0.15, 0.2) is 11.0 Å². The van der Waals surface area contributed by atoms with Gasteiger partial charge in [-0.25, -0.2) is 4.79 Å². The fraction of sp³-hybridized carbons (Fsp3) is 0.444. The monoisotopic (exact) mass is 388 g/mol. The third-order valence-corrected chi connectivity index (χ3v) is 5.34. The van der Waals surface area contributed by atoms with Crippen LogP contribution in [0, 0.1) is 0 Å². The highest BCUT2D eigenvalue weighted by Crippen LogP contribution is 2.24. The Kier molecular flexibility index (Phi) is 6.83. The molecular formula is C18H24N6O2S. The van der Waals surface area contributed by atoms with E-state index in [0.717, 1.165) is 36.3 Å². The molecule has 9 heteroatoms. The fourth-order valence-corrected chi connectivity index (χ4v) is 3.98. The van der Waals surface area contributed by atoms with Crippen LogP contribution in [0.4, 0.5) is 4.79 Å². The molecule has 0 saturated carbocycles. The van der Waals surface area contributed by atoms with E-state index in [0.29, 0.717) is 12.2 Å². The highest BCUT2D eigenvalue weighted by Gasteiger charge is 2.19. The number of imide groups is 1. The number of urea groups is 1. The number of rotatable bonds is 8. The van der Waals surface area contributed by atoms with Crippen LogP contribution in [0.25, 0.3) is 5.69 Å². The molecule has 0 spiro atoms. The molecule has 0 aliphatic carbocycles. The molecule has 0 atom stereocenters. The van der Waals surface area contributed by atoms with Crippen LogP contribution in [-0.4, -0.2) is 50.4 Å². The molecule has 1 aromatic heterocycles. The van der Waals surface area contributed by atoms with Gasteiger partial charge in [-0.2, -0.15) is 0 Å². The molecule has 8 nitrogen and oxygen atoms in total. The van der Waals surface area contributed by atoms with Crippen molar-refractivity contribution in [2.24, 2.45) is 5.73 Å². The number of carbonyl (C=O) groups is 2. The molecule has 27 heavy (non-hydrogen) atoms. The lowest BCUT2D eigenvalue weighted by Gasteiger charge is -2.15. The van der Waals surface area contributed by atoms with Crippen LogP contribution >= 0.6 is 11.8 Å². The molecule has 3 rings (SSSR count). The molecule has 2 aromatic rings. The van der Waals surface area contributed by atoms with Crippen molar-refractivity contribution in [1.29, 1.82) is 0 Å². The van der Waals surface area contributed by atoms with Gasteiger partial charge >= 0.3 is 6.03 Å². The predicted molar refractivity (Wildman–Crippen MR) is 104 cm³/mol. The Bertz CT molecular complexity index is 773. The van der Waals surface area contributed by atoms with E-state index in [1.54, 1.807) is 11.8 Å². The van der Waals surface area contributed by atoms with Crippen LogP contribution in [0.1, 0.15) is 31.5 Å². The second kappa shape index (κ2) is 9.52. The second-order valence-corrected chi connectivity index (χ2v) is 7.48. The van der Waals surface area contributed by atoms with Gasteiger partial charge in [0.2, 0.25) is 5.91 Å². The summed E-state index contributed by atoms with van der Waals surface area (Å²) in [6, 6.07) is 9.25. The van der Waals surface area contributed by atoms with E-state index in [4.69, 9.17) is 5.73 Å². The van der Waals surface area contributed by atoms with Crippen molar-refractivity contribution in [2.75, 3.05) is 18.8 Å². The van der Waals surface area contributed by atoms with Gasteiger partial charge in [0, 0.05) is 17.9 Å². The molecular weight excluding hydrogens is 364 g/mol. The normalized spacial score (nSPS) is 14.4. The first-order valence-electron chi connectivity index (χ1n) is 9.07. The van der Waals surface area contributed by atoms with Gasteiger partial charge in [0.05, 0.1) is 6.54 Å². The number of nitrogens with zero attached hydrogens (tertiary/aromatic N) is 4. The Morgan fingerprint density at radius 3 is 2.59 bits per heavy atom.